The fourth-order valence-electron chi connectivity index (χ4n) is 10.6. The van der Waals surface area contributed by atoms with Gasteiger partial charge in [-0.2, -0.15) is 0 Å². The topological polar surface area (TPSA) is 63.6 Å². The van der Waals surface area contributed by atoms with Crippen molar-refractivity contribution in [2.24, 2.45) is 50.2 Å². The lowest BCUT2D eigenvalue weighted by Gasteiger charge is -2.70. The molecular weight excluding hydrogens is 436 g/mol. The predicted octanol–water partition coefficient (Wildman–Crippen LogP) is 6.50. The molecule has 0 aliphatic heterocycles. The van der Waals surface area contributed by atoms with Gasteiger partial charge in [0.2, 0.25) is 0 Å². The number of aliphatic hydroxyl groups excluding tert-OH is 1. The molecule has 0 bridgehead atoms. The molecule has 9 atom stereocenters. The molecule has 0 radical (unpaired) electrons. The zero-order chi connectivity index (χ0) is 25.8. The molecular formula is C31H48O4. The quantitative estimate of drug-likeness (QED) is 0.431. The van der Waals surface area contributed by atoms with Crippen molar-refractivity contribution in [3.8, 4) is 0 Å². The van der Waals surface area contributed by atoms with Gasteiger partial charge in [0.15, 0.2) is 5.78 Å². The number of ketones is 1. The summed E-state index contributed by atoms with van der Waals surface area (Å²) in [5.74, 6) is 0.805. The Morgan fingerprint density at radius 3 is 2.26 bits per heavy atom. The van der Waals surface area contributed by atoms with Gasteiger partial charge < -0.3 is 9.84 Å². The summed E-state index contributed by atoms with van der Waals surface area (Å²) in [5, 5.41) is 10.9. The first-order valence-electron chi connectivity index (χ1n) is 14.1. The van der Waals surface area contributed by atoms with Crippen LogP contribution in [0.5, 0.6) is 0 Å². The third-order valence-corrected chi connectivity index (χ3v) is 13.2. The SMILES string of the molecule is COC(=O)[C@@]1(C)CC[C@]2(C)CC[C@@]3(C)C(=CC(=O)[C@@H]4[C@]5(C)CC[C@H](O)C(C)(C)[C@H]5CC[C@]43C)[C@H]2C1. The van der Waals surface area contributed by atoms with E-state index in [2.05, 4.69) is 54.5 Å². The highest BCUT2D eigenvalue weighted by Gasteiger charge is 2.70. The Bertz CT molecular complexity index is 980. The Kier molecular flexibility index (Phi) is 5.43. The van der Waals surface area contributed by atoms with Gasteiger partial charge in [-0.05, 0) is 110 Å². The predicted molar refractivity (Wildman–Crippen MR) is 137 cm³/mol. The Hall–Kier alpha value is -1.16. The van der Waals surface area contributed by atoms with Gasteiger partial charge >= 0.3 is 5.97 Å². The maximum Gasteiger partial charge on any atom is 0.311 e. The van der Waals surface area contributed by atoms with Gasteiger partial charge in [-0.25, -0.2) is 0 Å². The van der Waals surface area contributed by atoms with Crippen LogP contribution in [-0.4, -0.2) is 30.1 Å². The fraction of sp³-hybridized carbons (Fsp3) is 0.871. The van der Waals surface area contributed by atoms with Crippen LogP contribution in [0.25, 0.3) is 0 Å². The Morgan fingerprint density at radius 2 is 1.60 bits per heavy atom. The number of methoxy groups -OCH3 is 1. The lowest BCUT2D eigenvalue weighted by Crippen LogP contribution is -2.66. The Morgan fingerprint density at radius 1 is 0.943 bits per heavy atom. The molecule has 0 aromatic rings. The number of hydrogen-bond acceptors (Lipinski definition) is 4. The second-order valence-corrected chi connectivity index (χ2v) is 15.1. The van der Waals surface area contributed by atoms with Crippen molar-refractivity contribution < 1.29 is 19.4 Å². The summed E-state index contributed by atoms with van der Waals surface area (Å²) in [4.78, 5) is 27.1. The van der Waals surface area contributed by atoms with Crippen LogP contribution in [0.15, 0.2) is 11.6 Å². The van der Waals surface area contributed by atoms with E-state index >= 15 is 0 Å². The number of carbonyl (C=O) groups excluding carboxylic acids is 2. The monoisotopic (exact) mass is 484 g/mol. The van der Waals surface area contributed by atoms with Crippen LogP contribution in [0.2, 0.25) is 0 Å². The second-order valence-electron chi connectivity index (χ2n) is 15.1. The van der Waals surface area contributed by atoms with Crippen molar-refractivity contribution in [1.82, 2.24) is 0 Å². The van der Waals surface area contributed by atoms with Gasteiger partial charge in [0.25, 0.3) is 0 Å². The van der Waals surface area contributed by atoms with Crippen molar-refractivity contribution in [1.29, 1.82) is 0 Å². The molecule has 0 aromatic heterocycles. The van der Waals surface area contributed by atoms with Gasteiger partial charge in [0, 0.05) is 5.92 Å². The summed E-state index contributed by atoms with van der Waals surface area (Å²) in [5.41, 5.74) is 0.590. The summed E-state index contributed by atoms with van der Waals surface area (Å²) in [6.07, 6.45) is 10.5. The number of fused-ring (bicyclic) bond motifs is 7. The lowest BCUT2D eigenvalue weighted by atomic mass is 9.33. The molecule has 5 aliphatic carbocycles. The van der Waals surface area contributed by atoms with Gasteiger partial charge in [0.05, 0.1) is 18.6 Å². The number of carbonyl (C=O) groups is 2. The highest BCUT2D eigenvalue weighted by atomic mass is 16.5. The molecule has 4 heteroatoms. The third-order valence-electron chi connectivity index (χ3n) is 13.2. The molecule has 5 rings (SSSR count). The summed E-state index contributed by atoms with van der Waals surface area (Å²) in [6, 6.07) is 0. The molecule has 1 N–H and O–H groups in total. The Labute approximate surface area is 212 Å². The largest absolute Gasteiger partial charge is 0.469 e. The average molecular weight is 485 g/mol. The van der Waals surface area contributed by atoms with Crippen molar-refractivity contribution in [3.63, 3.8) is 0 Å². The van der Waals surface area contributed by atoms with E-state index in [4.69, 9.17) is 4.74 Å². The normalized spacial score (nSPS) is 52.8. The van der Waals surface area contributed by atoms with E-state index < -0.39 is 5.41 Å². The van der Waals surface area contributed by atoms with Crippen molar-refractivity contribution in [2.45, 2.75) is 112 Å². The zero-order valence-electron chi connectivity index (χ0n) is 23.4. The van der Waals surface area contributed by atoms with Crippen LogP contribution in [0.3, 0.4) is 0 Å². The molecule has 0 heterocycles. The number of esters is 1. The second kappa shape index (κ2) is 7.45. The summed E-state index contributed by atoms with van der Waals surface area (Å²) < 4.78 is 5.25. The molecule has 4 fully saturated rings. The number of rotatable bonds is 1. The first-order chi connectivity index (χ1) is 16.1. The van der Waals surface area contributed by atoms with E-state index in [1.54, 1.807) is 0 Å². The molecule has 0 amide bonds. The van der Waals surface area contributed by atoms with Crippen LogP contribution in [0.4, 0.5) is 0 Å². The van der Waals surface area contributed by atoms with Crippen LogP contribution in [0, 0.1) is 50.2 Å². The summed E-state index contributed by atoms with van der Waals surface area (Å²) >= 11 is 0. The molecule has 4 nitrogen and oxygen atoms in total. The van der Waals surface area contributed by atoms with E-state index in [-0.39, 0.29) is 51.0 Å². The van der Waals surface area contributed by atoms with Crippen molar-refractivity contribution >= 4 is 11.8 Å². The number of hydrogen-bond donors (Lipinski definition) is 1. The molecule has 0 unspecified atom stereocenters. The molecule has 4 saturated carbocycles. The van der Waals surface area contributed by atoms with E-state index in [9.17, 15) is 14.7 Å². The minimum atomic E-state index is -0.480. The number of allylic oxidation sites excluding steroid dienone is 2. The van der Waals surface area contributed by atoms with Crippen molar-refractivity contribution in [3.05, 3.63) is 11.6 Å². The van der Waals surface area contributed by atoms with Crippen LogP contribution >= 0.6 is 0 Å². The first kappa shape index (κ1) is 25.5. The summed E-state index contributed by atoms with van der Waals surface area (Å²) in [7, 11) is 1.50. The van der Waals surface area contributed by atoms with E-state index in [0.29, 0.717) is 11.7 Å². The first-order valence-corrected chi connectivity index (χ1v) is 14.1. The maximum absolute atomic E-state index is 14.3. The molecule has 0 saturated heterocycles. The lowest BCUT2D eigenvalue weighted by molar-refractivity contribution is -0.202. The van der Waals surface area contributed by atoms with Gasteiger partial charge in [-0.1, -0.05) is 47.1 Å². The maximum atomic E-state index is 14.3. The molecule has 0 aromatic carbocycles. The highest BCUT2D eigenvalue weighted by Crippen LogP contribution is 2.75. The van der Waals surface area contributed by atoms with Crippen molar-refractivity contribution in [2.75, 3.05) is 7.11 Å². The molecule has 196 valence electrons. The average Bonchev–Trinajstić information content (AvgIpc) is 2.78. The van der Waals surface area contributed by atoms with E-state index in [0.717, 1.165) is 57.8 Å². The van der Waals surface area contributed by atoms with Gasteiger partial charge in [0.1, 0.15) is 0 Å². The summed E-state index contributed by atoms with van der Waals surface area (Å²) in [6.45, 7) is 16.2. The van der Waals surface area contributed by atoms with E-state index in [1.807, 2.05) is 0 Å². The Balaban J connectivity index is 1.61. The van der Waals surface area contributed by atoms with Crippen LogP contribution in [0.1, 0.15) is 106 Å². The van der Waals surface area contributed by atoms with Gasteiger partial charge in [-0.15, -0.1) is 0 Å². The number of ether oxygens (including phenoxy) is 1. The van der Waals surface area contributed by atoms with E-state index in [1.165, 1.54) is 12.7 Å². The van der Waals surface area contributed by atoms with Gasteiger partial charge in [-0.3, -0.25) is 9.59 Å². The standard InChI is InChI=1S/C31H48O4/c1-26(2)22-9-12-31(7)24(29(22,5)11-10-23(26)33)21(32)17-19-20-18-28(4,25(34)35-8)14-13-27(20,3)15-16-30(19,31)6/h17,20,22-24,33H,9-16,18H2,1-8H3/t20-,22-,23+,24-,27-,28+,29-,30+,31-/m1/s1. The fourth-order valence-corrected chi connectivity index (χ4v) is 10.6. The zero-order valence-corrected chi connectivity index (χ0v) is 23.4. The number of aliphatic hydroxyl groups is 1. The van der Waals surface area contributed by atoms with Crippen LogP contribution in [-0.2, 0) is 14.3 Å². The minimum Gasteiger partial charge on any atom is -0.469 e. The smallest absolute Gasteiger partial charge is 0.311 e. The molecule has 5 aliphatic rings. The molecule has 0 spiro atoms. The minimum absolute atomic E-state index is 0.00536. The third kappa shape index (κ3) is 3.07. The molecule has 35 heavy (non-hydrogen) atoms. The van der Waals surface area contributed by atoms with Crippen LogP contribution < -0.4 is 0 Å². The highest BCUT2D eigenvalue weighted by molar-refractivity contribution is 5.95.